The number of carbonyl (C=O) groups excluding carboxylic acids is 1. The van der Waals surface area contributed by atoms with Crippen molar-refractivity contribution in [2.45, 2.75) is 47.1 Å². The third-order valence-electron chi connectivity index (χ3n) is 4.10. The number of benzene rings is 1. The molecule has 1 unspecified atom stereocenters. The van der Waals surface area contributed by atoms with Crippen LogP contribution in [0.1, 0.15) is 45.2 Å². The van der Waals surface area contributed by atoms with Gasteiger partial charge in [-0.05, 0) is 56.9 Å². The van der Waals surface area contributed by atoms with Gasteiger partial charge in [0.2, 0.25) is 0 Å². The quantitative estimate of drug-likeness (QED) is 0.943. The molecule has 1 N–H and O–H groups in total. The predicted molar refractivity (Wildman–Crippen MR) is 88.1 cm³/mol. The van der Waals surface area contributed by atoms with Gasteiger partial charge in [0.1, 0.15) is 0 Å². The average molecular weight is 297 g/mol. The number of carbonyl (C=O) groups is 1. The third kappa shape index (κ3) is 3.50. The molecule has 4 heteroatoms. The molecule has 4 nitrogen and oxygen atoms in total. The molecule has 2 rings (SSSR count). The molecule has 1 aromatic heterocycles. The summed E-state index contributed by atoms with van der Waals surface area (Å²) in [5.41, 5.74) is 6.07. The Morgan fingerprint density at radius 2 is 1.77 bits per heavy atom. The lowest BCUT2D eigenvalue weighted by Gasteiger charge is -2.18. The van der Waals surface area contributed by atoms with Crippen molar-refractivity contribution in [3.63, 3.8) is 0 Å². The van der Waals surface area contributed by atoms with Crippen molar-refractivity contribution in [1.29, 1.82) is 0 Å². The smallest absolute Gasteiger partial charge is 0.252 e. The zero-order valence-corrected chi connectivity index (χ0v) is 13.9. The van der Waals surface area contributed by atoms with Crippen LogP contribution < -0.4 is 5.32 Å². The molecule has 1 amide bonds. The van der Waals surface area contributed by atoms with E-state index in [0.29, 0.717) is 6.42 Å². The monoisotopic (exact) mass is 297 g/mol. The van der Waals surface area contributed by atoms with E-state index in [1.165, 1.54) is 0 Å². The highest BCUT2D eigenvalue weighted by molar-refractivity contribution is 5.97. The van der Waals surface area contributed by atoms with Crippen LogP contribution in [0.5, 0.6) is 0 Å². The van der Waals surface area contributed by atoms with Crippen LogP contribution in [0.15, 0.2) is 24.7 Å². The first-order valence-electron chi connectivity index (χ1n) is 7.53. The second-order valence-corrected chi connectivity index (χ2v) is 5.91. The third-order valence-corrected chi connectivity index (χ3v) is 4.10. The Morgan fingerprint density at radius 1 is 1.14 bits per heavy atom. The van der Waals surface area contributed by atoms with Crippen LogP contribution >= 0.6 is 0 Å². The average Bonchev–Trinajstić information content (AvgIpc) is 2.46. The normalized spacial score (nSPS) is 12.0. The second-order valence-electron chi connectivity index (χ2n) is 5.91. The van der Waals surface area contributed by atoms with Gasteiger partial charge in [0.05, 0.1) is 5.69 Å². The van der Waals surface area contributed by atoms with Crippen molar-refractivity contribution in [2.24, 2.45) is 0 Å². The topological polar surface area (TPSA) is 54.9 Å². The van der Waals surface area contributed by atoms with Crippen molar-refractivity contribution in [3.05, 3.63) is 58.2 Å². The van der Waals surface area contributed by atoms with Crippen LogP contribution in [-0.4, -0.2) is 21.9 Å². The highest BCUT2D eigenvalue weighted by Crippen LogP contribution is 2.21. The van der Waals surface area contributed by atoms with E-state index in [0.717, 1.165) is 33.5 Å². The van der Waals surface area contributed by atoms with Gasteiger partial charge < -0.3 is 5.32 Å². The number of amides is 1. The highest BCUT2D eigenvalue weighted by Gasteiger charge is 2.17. The molecule has 0 saturated carbocycles. The van der Waals surface area contributed by atoms with Gasteiger partial charge in [-0.3, -0.25) is 14.8 Å². The van der Waals surface area contributed by atoms with E-state index < -0.39 is 0 Å². The summed E-state index contributed by atoms with van der Waals surface area (Å²) in [6.07, 6.45) is 5.72. The Morgan fingerprint density at radius 3 is 2.32 bits per heavy atom. The molecule has 1 atom stereocenters. The fourth-order valence-electron chi connectivity index (χ4n) is 2.65. The number of hydrogen-bond acceptors (Lipinski definition) is 3. The second kappa shape index (κ2) is 6.69. The van der Waals surface area contributed by atoms with Crippen molar-refractivity contribution in [1.82, 2.24) is 15.3 Å². The lowest BCUT2D eigenvalue weighted by Crippen LogP contribution is -2.35. The molecule has 0 aliphatic carbocycles. The number of hydrogen-bond donors (Lipinski definition) is 1. The minimum absolute atomic E-state index is 0.00354. The summed E-state index contributed by atoms with van der Waals surface area (Å²) >= 11 is 0. The Kier molecular flexibility index (Phi) is 4.91. The van der Waals surface area contributed by atoms with Gasteiger partial charge in [0.15, 0.2) is 0 Å². The standard InChI is InChI=1S/C18H23N3O/c1-11-8-12(2)15(5)17(14(11)4)18(22)21-13(3)9-16-10-19-6-7-20-16/h6-8,10,13H,9H2,1-5H3,(H,21,22). The minimum atomic E-state index is -0.0156. The van der Waals surface area contributed by atoms with E-state index in [4.69, 9.17) is 0 Å². The number of aromatic nitrogens is 2. The zero-order valence-electron chi connectivity index (χ0n) is 13.9. The lowest BCUT2D eigenvalue weighted by molar-refractivity contribution is 0.0938. The maximum absolute atomic E-state index is 12.6. The lowest BCUT2D eigenvalue weighted by atomic mass is 9.93. The van der Waals surface area contributed by atoms with Gasteiger partial charge in [-0.2, -0.15) is 0 Å². The summed E-state index contributed by atoms with van der Waals surface area (Å²) in [6.45, 7) is 10.1. The van der Waals surface area contributed by atoms with Crippen LogP contribution in [0.25, 0.3) is 0 Å². The molecule has 0 spiro atoms. The Balaban J connectivity index is 2.16. The predicted octanol–water partition coefficient (Wildman–Crippen LogP) is 3.07. The van der Waals surface area contributed by atoms with E-state index in [9.17, 15) is 4.79 Å². The van der Waals surface area contributed by atoms with Gasteiger partial charge in [0, 0.05) is 36.6 Å². The summed E-state index contributed by atoms with van der Waals surface area (Å²) in [7, 11) is 0. The van der Waals surface area contributed by atoms with Gasteiger partial charge in [-0.25, -0.2) is 0 Å². The summed E-state index contributed by atoms with van der Waals surface area (Å²) < 4.78 is 0. The fourth-order valence-corrected chi connectivity index (χ4v) is 2.65. The van der Waals surface area contributed by atoms with Gasteiger partial charge in [-0.1, -0.05) is 6.07 Å². The molecule has 2 aromatic rings. The van der Waals surface area contributed by atoms with E-state index in [1.54, 1.807) is 18.6 Å². The summed E-state index contributed by atoms with van der Waals surface area (Å²) in [5.74, 6) is -0.0156. The zero-order chi connectivity index (χ0) is 16.3. The maximum Gasteiger partial charge on any atom is 0.252 e. The van der Waals surface area contributed by atoms with Crippen LogP contribution in [-0.2, 0) is 6.42 Å². The molecule has 0 fully saturated rings. The van der Waals surface area contributed by atoms with E-state index in [2.05, 4.69) is 21.4 Å². The van der Waals surface area contributed by atoms with Crippen LogP contribution in [0, 0.1) is 27.7 Å². The van der Waals surface area contributed by atoms with E-state index in [1.807, 2.05) is 34.6 Å². The van der Waals surface area contributed by atoms with Crippen molar-refractivity contribution >= 4 is 5.91 Å². The van der Waals surface area contributed by atoms with Crippen molar-refractivity contribution in [2.75, 3.05) is 0 Å². The first kappa shape index (κ1) is 16.1. The summed E-state index contributed by atoms with van der Waals surface area (Å²) in [6, 6.07) is 2.13. The van der Waals surface area contributed by atoms with Crippen LogP contribution in [0.3, 0.4) is 0 Å². The molecule has 0 aliphatic heterocycles. The molecule has 116 valence electrons. The highest BCUT2D eigenvalue weighted by atomic mass is 16.1. The SMILES string of the molecule is Cc1cc(C)c(C)c(C(=O)NC(C)Cc2cnccn2)c1C. The number of nitrogens with one attached hydrogen (secondary N) is 1. The molecule has 0 saturated heterocycles. The summed E-state index contributed by atoms with van der Waals surface area (Å²) in [5, 5.41) is 3.07. The van der Waals surface area contributed by atoms with Crippen LogP contribution in [0.2, 0.25) is 0 Å². The Labute approximate surface area is 132 Å². The number of aryl methyl sites for hydroxylation is 2. The van der Waals surface area contributed by atoms with E-state index >= 15 is 0 Å². The first-order chi connectivity index (χ1) is 10.4. The molecule has 0 bridgehead atoms. The van der Waals surface area contributed by atoms with Gasteiger partial charge >= 0.3 is 0 Å². The van der Waals surface area contributed by atoms with E-state index in [-0.39, 0.29) is 11.9 Å². The Hall–Kier alpha value is -2.23. The Bertz CT molecular complexity index is 654. The van der Waals surface area contributed by atoms with Crippen LogP contribution in [0.4, 0.5) is 0 Å². The molecule has 1 aromatic carbocycles. The molecular formula is C18H23N3O. The molecular weight excluding hydrogens is 274 g/mol. The van der Waals surface area contributed by atoms with Crippen molar-refractivity contribution in [3.8, 4) is 0 Å². The van der Waals surface area contributed by atoms with Crippen molar-refractivity contribution < 1.29 is 4.79 Å². The first-order valence-corrected chi connectivity index (χ1v) is 7.53. The van der Waals surface area contributed by atoms with Gasteiger partial charge in [-0.15, -0.1) is 0 Å². The number of rotatable bonds is 4. The molecule has 0 aliphatic rings. The minimum Gasteiger partial charge on any atom is -0.349 e. The largest absolute Gasteiger partial charge is 0.349 e. The number of nitrogens with zero attached hydrogens (tertiary/aromatic N) is 2. The maximum atomic E-state index is 12.6. The molecule has 1 heterocycles. The summed E-state index contributed by atoms with van der Waals surface area (Å²) in [4.78, 5) is 20.9. The molecule has 0 radical (unpaired) electrons. The van der Waals surface area contributed by atoms with Gasteiger partial charge in [0.25, 0.3) is 5.91 Å². The fraction of sp³-hybridized carbons (Fsp3) is 0.389. The molecule has 22 heavy (non-hydrogen) atoms.